The highest BCUT2D eigenvalue weighted by Gasteiger charge is 2.20. The number of hydrogen-bond acceptors (Lipinski definition) is 1. The van der Waals surface area contributed by atoms with Crippen molar-refractivity contribution in [3.8, 4) is 0 Å². The van der Waals surface area contributed by atoms with Crippen LogP contribution in [0.25, 0.3) is 53.9 Å². The highest BCUT2D eigenvalue weighted by Crippen LogP contribution is 2.34. The van der Waals surface area contributed by atoms with E-state index in [1.54, 1.807) is 0 Å². The molecular formula is C33H22NO+. The van der Waals surface area contributed by atoms with Gasteiger partial charge in [-0.1, -0.05) is 66.7 Å². The van der Waals surface area contributed by atoms with Crippen LogP contribution in [0.3, 0.4) is 0 Å². The number of rotatable bonds is 3. The first-order valence-electron chi connectivity index (χ1n) is 11.9. The van der Waals surface area contributed by atoms with Crippen LogP contribution in [0.15, 0.2) is 122 Å². The van der Waals surface area contributed by atoms with E-state index in [0.717, 1.165) is 43.3 Å². The number of benzene rings is 6. The molecule has 0 radical (unpaired) electrons. The molecule has 0 aliphatic heterocycles. The average molecular weight is 449 g/mol. The summed E-state index contributed by atoms with van der Waals surface area (Å²) in [4.78, 5) is 14.0. The average Bonchev–Trinajstić information content (AvgIpc) is 2.89. The van der Waals surface area contributed by atoms with Crippen LogP contribution >= 0.6 is 0 Å². The number of aromatic nitrogens is 1. The summed E-state index contributed by atoms with van der Waals surface area (Å²) in [6, 6.07) is 38.0. The number of nitrogens with zero attached hydrogens (tertiary/aromatic N) is 1. The Labute approximate surface area is 202 Å². The number of carbonyl (C=O) groups is 1. The second kappa shape index (κ2) is 7.75. The van der Waals surface area contributed by atoms with Crippen LogP contribution in [0.1, 0.15) is 10.4 Å². The quantitative estimate of drug-likeness (QED) is 0.155. The molecule has 35 heavy (non-hydrogen) atoms. The van der Waals surface area contributed by atoms with Gasteiger partial charge in [0.2, 0.25) is 12.3 Å². The van der Waals surface area contributed by atoms with E-state index in [4.69, 9.17) is 0 Å². The molecule has 6 aromatic carbocycles. The van der Waals surface area contributed by atoms with Crippen molar-refractivity contribution in [1.82, 2.24) is 0 Å². The zero-order valence-electron chi connectivity index (χ0n) is 19.1. The Kier molecular flexibility index (Phi) is 4.40. The van der Waals surface area contributed by atoms with Gasteiger partial charge < -0.3 is 0 Å². The molecular weight excluding hydrogens is 426 g/mol. The van der Waals surface area contributed by atoms with Crippen LogP contribution in [0.2, 0.25) is 0 Å². The fraction of sp³-hybridized carbons (Fsp3) is 0.0303. The van der Waals surface area contributed by atoms with Crippen molar-refractivity contribution >= 4 is 59.6 Å². The third kappa shape index (κ3) is 3.34. The first-order chi connectivity index (χ1) is 17.2. The van der Waals surface area contributed by atoms with E-state index >= 15 is 0 Å². The summed E-state index contributed by atoms with van der Waals surface area (Å²) in [6.07, 6.45) is 4.06. The first-order valence-corrected chi connectivity index (χ1v) is 11.9. The second-order valence-electron chi connectivity index (χ2n) is 9.26. The molecule has 2 nitrogen and oxygen atoms in total. The molecule has 0 saturated heterocycles. The predicted octanol–water partition coefficient (Wildman–Crippen LogP) is 7.62. The van der Waals surface area contributed by atoms with Gasteiger partial charge in [-0.2, -0.15) is 4.57 Å². The third-order valence-electron chi connectivity index (χ3n) is 7.04. The van der Waals surface area contributed by atoms with Gasteiger partial charge in [0.1, 0.15) is 0 Å². The summed E-state index contributed by atoms with van der Waals surface area (Å²) in [7, 11) is 0. The Balaban J connectivity index is 1.49. The lowest BCUT2D eigenvalue weighted by molar-refractivity contribution is -0.681. The van der Waals surface area contributed by atoms with Gasteiger partial charge in [-0.15, -0.1) is 0 Å². The van der Waals surface area contributed by atoms with Crippen molar-refractivity contribution in [3.63, 3.8) is 0 Å². The molecule has 7 aromatic rings. The smallest absolute Gasteiger partial charge is 0.228 e. The minimum absolute atomic E-state index is 0.117. The van der Waals surface area contributed by atoms with Gasteiger partial charge in [0.15, 0.2) is 12.4 Å². The largest absolute Gasteiger partial charge is 0.287 e. The Bertz CT molecular complexity index is 1860. The molecule has 0 saturated carbocycles. The van der Waals surface area contributed by atoms with E-state index in [0.29, 0.717) is 6.54 Å². The van der Waals surface area contributed by atoms with E-state index in [2.05, 4.69) is 103 Å². The summed E-state index contributed by atoms with van der Waals surface area (Å²) < 4.78 is 2.00. The number of pyridine rings is 1. The highest BCUT2D eigenvalue weighted by molar-refractivity contribution is 6.22. The molecule has 0 N–H and O–H groups in total. The van der Waals surface area contributed by atoms with Gasteiger partial charge in [-0.05, 0) is 84.9 Å². The van der Waals surface area contributed by atoms with Gasteiger partial charge in [0.05, 0.1) is 0 Å². The maximum Gasteiger partial charge on any atom is 0.228 e. The number of Topliss-reactive ketones (excluding diaryl/α,β-unsaturated/α-hetero) is 1. The molecule has 0 aliphatic carbocycles. The lowest BCUT2D eigenvalue weighted by atomic mass is 9.90. The zero-order chi connectivity index (χ0) is 23.4. The fourth-order valence-electron chi connectivity index (χ4n) is 5.32. The summed E-state index contributed by atoms with van der Waals surface area (Å²) >= 11 is 0. The van der Waals surface area contributed by atoms with Gasteiger partial charge in [0, 0.05) is 17.0 Å². The van der Waals surface area contributed by atoms with Crippen LogP contribution in [0.5, 0.6) is 0 Å². The van der Waals surface area contributed by atoms with Gasteiger partial charge in [0.25, 0.3) is 0 Å². The molecule has 0 bridgehead atoms. The van der Waals surface area contributed by atoms with E-state index in [1.165, 1.54) is 16.2 Å². The molecule has 1 heterocycles. The van der Waals surface area contributed by atoms with E-state index < -0.39 is 0 Å². The number of ketones is 1. The molecule has 0 atom stereocenters. The van der Waals surface area contributed by atoms with E-state index in [-0.39, 0.29) is 5.78 Å². The highest BCUT2D eigenvalue weighted by atomic mass is 16.1. The van der Waals surface area contributed by atoms with Crippen molar-refractivity contribution in [2.24, 2.45) is 0 Å². The number of fused-ring (bicyclic) bond motifs is 5. The summed E-state index contributed by atoms with van der Waals surface area (Å²) in [5.41, 5.74) is 0.801. The molecule has 0 fully saturated rings. The molecule has 2 heteroatoms. The monoisotopic (exact) mass is 448 g/mol. The van der Waals surface area contributed by atoms with Gasteiger partial charge in [-0.3, -0.25) is 4.79 Å². The van der Waals surface area contributed by atoms with Crippen LogP contribution in [0, 0.1) is 0 Å². The van der Waals surface area contributed by atoms with Crippen LogP contribution in [-0.2, 0) is 6.54 Å². The molecule has 0 aliphatic rings. The maximum absolute atomic E-state index is 14.0. The summed E-state index contributed by atoms with van der Waals surface area (Å²) in [6.45, 7) is 0.290. The lowest BCUT2D eigenvalue weighted by Gasteiger charge is -2.13. The topological polar surface area (TPSA) is 20.9 Å². The van der Waals surface area contributed by atoms with Gasteiger partial charge in [-0.25, -0.2) is 0 Å². The van der Waals surface area contributed by atoms with Crippen molar-refractivity contribution in [3.05, 3.63) is 127 Å². The molecule has 0 unspecified atom stereocenters. The Hall–Kier alpha value is -4.56. The Morgan fingerprint density at radius 1 is 0.514 bits per heavy atom. The van der Waals surface area contributed by atoms with E-state index in [9.17, 15) is 4.79 Å². The number of hydrogen-bond donors (Lipinski definition) is 0. The zero-order valence-corrected chi connectivity index (χ0v) is 19.1. The van der Waals surface area contributed by atoms with Crippen LogP contribution in [-0.4, -0.2) is 5.78 Å². The van der Waals surface area contributed by atoms with Crippen molar-refractivity contribution in [1.29, 1.82) is 0 Å². The summed E-state index contributed by atoms with van der Waals surface area (Å²) in [5.74, 6) is 0.117. The molecule has 0 spiro atoms. The summed E-state index contributed by atoms with van der Waals surface area (Å²) in [5, 5.41) is 11.2. The predicted molar refractivity (Wildman–Crippen MR) is 145 cm³/mol. The normalized spacial score (nSPS) is 11.7. The standard InChI is InChI=1S/C33H22NO/c35-32(21-34-14-13-22-7-1-6-12-27(22)20-34)33-30-18-25-10-4-2-8-23(25)15-28(30)17-29-16-24-9-3-5-11-26(24)19-31(29)33/h1-20H,21H2/q+1. The fourth-order valence-corrected chi connectivity index (χ4v) is 5.32. The van der Waals surface area contributed by atoms with Crippen molar-refractivity contribution in [2.45, 2.75) is 6.54 Å². The van der Waals surface area contributed by atoms with Crippen molar-refractivity contribution in [2.75, 3.05) is 0 Å². The van der Waals surface area contributed by atoms with Crippen LogP contribution < -0.4 is 4.57 Å². The minimum atomic E-state index is 0.117. The van der Waals surface area contributed by atoms with Crippen LogP contribution in [0.4, 0.5) is 0 Å². The Morgan fingerprint density at radius 2 is 0.971 bits per heavy atom. The lowest BCUT2D eigenvalue weighted by Crippen LogP contribution is -2.37. The van der Waals surface area contributed by atoms with Crippen molar-refractivity contribution < 1.29 is 9.36 Å². The molecule has 7 rings (SSSR count). The number of carbonyl (C=O) groups excluding carboxylic acids is 1. The van der Waals surface area contributed by atoms with E-state index in [1.807, 2.05) is 22.9 Å². The second-order valence-corrected chi connectivity index (χ2v) is 9.26. The maximum atomic E-state index is 14.0. The first kappa shape index (κ1) is 19.9. The Morgan fingerprint density at radius 3 is 1.54 bits per heavy atom. The third-order valence-corrected chi connectivity index (χ3v) is 7.04. The SMILES string of the molecule is O=C(C[n+]1ccc2ccccc2c1)c1c2cc3ccccc3cc2cc2cc3ccccc3cc12. The molecule has 164 valence electrons. The van der Waals surface area contributed by atoms with Gasteiger partial charge >= 0.3 is 0 Å². The molecule has 0 amide bonds. The minimum Gasteiger partial charge on any atom is -0.287 e. The molecule has 1 aromatic heterocycles.